The molecule has 1 aromatic rings. The van der Waals surface area contributed by atoms with Crippen LogP contribution in [0.15, 0.2) is 18.2 Å². The van der Waals surface area contributed by atoms with Crippen LogP contribution in [0.4, 0.5) is 11.4 Å². The van der Waals surface area contributed by atoms with Crippen molar-refractivity contribution in [3.8, 4) is 0 Å². The van der Waals surface area contributed by atoms with E-state index in [9.17, 15) is 14.9 Å². The SMILES string of the molecule is CCC(C)CNC(=O)c1ccc([N+](=O)[O-])c(NC)c1. The summed E-state index contributed by atoms with van der Waals surface area (Å²) in [5.41, 5.74) is 0.709. The van der Waals surface area contributed by atoms with Crippen molar-refractivity contribution in [3.63, 3.8) is 0 Å². The Morgan fingerprint density at radius 3 is 2.68 bits per heavy atom. The van der Waals surface area contributed by atoms with E-state index in [1.807, 2.05) is 0 Å². The molecule has 6 nitrogen and oxygen atoms in total. The summed E-state index contributed by atoms with van der Waals surface area (Å²) in [6.45, 7) is 4.71. The number of rotatable bonds is 6. The fourth-order valence-corrected chi connectivity index (χ4v) is 1.55. The van der Waals surface area contributed by atoms with Crippen LogP contribution in [0.1, 0.15) is 30.6 Å². The minimum absolute atomic E-state index is 0.0408. The Morgan fingerprint density at radius 1 is 1.47 bits per heavy atom. The second kappa shape index (κ2) is 6.72. The van der Waals surface area contributed by atoms with Crippen molar-refractivity contribution in [2.75, 3.05) is 18.9 Å². The van der Waals surface area contributed by atoms with E-state index in [1.54, 1.807) is 7.05 Å². The third kappa shape index (κ3) is 3.94. The minimum atomic E-state index is -0.479. The number of nitrogens with one attached hydrogen (secondary N) is 2. The van der Waals surface area contributed by atoms with E-state index >= 15 is 0 Å². The third-order valence-electron chi connectivity index (χ3n) is 3.03. The fourth-order valence-electron chi connectivity index (χ4n) is 1.55. The van der Waals surface area contributed by atoms with Crippen molar-refractivity contribution in [2.45, 2.75) is 20.3 Å². The smallest absolute Gasteiger partial charge is 0.292 e. The number of hydrogen-bond acceptors (Lipinski definition) is 4. The van der Waals surface area contributed by atoms with E-state index < -0.39 is 4.92 Å². The summed E-state index contributed by atoms with van der Waals surface area (Å²) in [6.07, 6.45) is 0.988. The van der Waals surface area contributed by atoms with Crippen LogP contribution in [0.3, 0.4) is 0 Å². The first-order valence-electron chi connectivity index (χ1n) is 6.24. The van der Waals surface area contributed by atoms with Crippen molar-refractivity contribution in [1.29, 1.82) is 0 Å². The lowest BCUT2D eigenvalue weighted by molar-refractivity contribution is -0.383. The van der Waals surface area contributed by atoms with E-state index in [0.717, 1.165) is 6.42 Å². The zero-order valence-electron chi connectivity index (χ0n) is 11.4. The average molecular weight is 265 g/mol. The van der Waals surface area contributed by atoms with Gasteiger partial charge >= 0.3 is 0 Å². The Hall–Kier alpha value is -2.11. The number of benzene rings is 1. The van der Waals surface area contributed by atoms with Gasteiger partial charge in [-0.2, -0.15) is 0 Å². The van der Waals surface area contributed by atoms with E-state index in [-0.39, 0.29) is 11.6 Å². The number of nitrogens with zero attached hydrogens (tertiary/aromatic N) is 1. The highest BCUT2D eigenvalue weighted by Crippen LogP contribution is 2.24. The number of anilines is 1. The molecule has 0 aromatic heterocycles. The minimum Gasteiger partial charge on any atom is -0.383 e. The molecule has 0 aliphatic carbocycles. The summed E-state index contributed by atoms with van der Waals surface area (Å²) >= 11 is 0. The van der Waals surface area contributed by atoms with E-state index in [4.69, 9.17) is 0 Å². The van der Waals surface area contributed by atoms with Gasteiger partial charge in [0.25, 0.3) is 11.6 Å². The number of carbonyl (C=O) groups excluding carboxylic acids is 1. The summed E-state index contributed by atoms with van der Waals surface area (Å²) in [5, 5.41) is 16.3. The molecule has 0 aliphatic heterocycles. The number of nitro groups is 1. The lowest BCUT2D eigenvalue weighted by Gasteiger charge is -2.11. The maximum Gasteiger partial charge on any atom is 0.292 e. The molecule has 0 radical (unpaired) electrons. The molecule has 1 rings (SSSR count). The number of carbonyl (C=O) groups is 1. The van der Waals surface area contributed by atoms with Gasteiger partial charge in [-0.1, -0.05) is 20.3 Å². The summed E-state index contributed by atoms with van der Waals surface area (Å²) in [6, 6.07) is 4.29. The van der Waals surface area contributed by atoms with Crippen molar-refractivity contribution in [1.82, 2.24) is 5.32 Å². The molecule has 0 aliphatic rings. The van der Waals surface area contributed by atoms with Crippen molar-refractivity contribution in [2.24, 2.45) is 5.92 Å². The van der Waals surface area contributed by atoms with Gasteiger partial charge in [0, 0.05) is 25.2 Å². The zero-order valence-corrected chi connectivity index (χ0v) is 11.4. The maximum absolute atomic E-state index is 11.9. The predicted molar refractivity (Wildman–Crippen MR) is 74.4 cm³/mol. The van der Waals surface area contributed by atoms with Crippen molar-refractivity contribution in [3.05, 3.63) is 33.9 Å². The summed E-state index contributed by atoms with van der Waals surface area (Å²) in [7, 11) is 1.59. The van der Waals surface area contributed by atoms with Crippen molar-refractivity contribution >= 4 is 17.3 Å². The van der Waals surface area contributed by atoms with Gasteiger partial charge < -0.3 is 10.6 Å². The molecule has 0 heterocycles. The molecule has 2 N–H and O–H groups in total. The molecule has 1 aromatic carbocycles. The van der Waals surface area contributed by atoms with Crippen molar-refractivity contribution < 1.29 is 9.72 Å². The first-order chi connectivity index (χ1) is 8.99. The molecule has 19 heavy (non-hydrogen) atoms. The Labute approximate surface area is 112 Å². The van der Waals surface area contributed by atoms with Gasteiger partial charge in [-0.05, 0) is 18.1 Å². The molecule has 1 atom stereocenters. The molecular formula is C13H19N3O3. The highest BCUT2D eigenvalue weighted by atomic mass is 16.6. The molecular weight excluding hydrogens is 246 g/mol. The maximum atomic E-state index is 11.9. The third-order valence-corrected chi connectivity index (χ3v) is 3.03. The van der Waals surface area contributed by atoms with Crippen LogP contribution in [0.5, 0.6) is 0 Å². The fraction of sp³-hybridized carbons (Fsp3) is 0.462. The number of nitro benzene ring substituents is 1. The molecule has 6 heteroatoms. The molecule has 104 valence electrons. The number of hydrogen-bond donors (Lipinski definition) is 2. The summed E-state index contributed by atoms with van der Waals surface area (Å²) in [4.78, 5) is 22.2. The summed E-state index contributed by atoms with van der Waals surface area (Å²) in [5.74, 6) is 0.192. The van der Waals surface area contributed by atoms with Gasteiger partial charge in [-0.3, -0.25) is 14.9 Å². The standard InChI is InChI=1S/C13H19N3O3/c1-4-9(2)8-15-13(17)10-5-6-12(16(18)19)11(7-10)14-3/h5-7,9,14H,4,8H2,1-3H3,(H,15,17). The Bertz CT molecular complexity index is 474. The topological polar surface area (TPSA) is 84.3 Å². The molecule has 0 bridgehead atoms. The average Bonchev–Trinajstić information content (AvgIpc) is 2.43. The Balaban J connectivity index is 2.84. The molecule has 0 spiro atoms. The lowest BCUT2D eigenvalue weighted by atomic mass is 10.1. The first kappa shape index (κ1) is 14.9. The molecule has 0 saturated heterocycles. The highest BCUT2D eigenvalue weighted by Gasteiger charge is 2.15. The van der Waals surface area contributed by atoms with Gasteiger partial charge in [-0.15, -0.1) is 0 Å². The second-order valence-corrected chi connectivity index (χ2v) is 4.46. The Morgan fingerprint density at radius 2 is 2.16 bits per heavy atom. The first-order valence-corrected chi connectivity index (χ1v) is 6.24. The lowest BCUT2D eigenvalue weighted by Crippen LogP contribution is -2.28. The van der Waals surface area contributed by atoms with Gasteiger partial charge in [-0.25, -0.2) is 0 Å². The van der Waals surface area contributed by atoms with Crippen LogP contribution in [-0.2, 0) is 0 Å². The predicted octanol–water partition coefficient (Wildman–Crippen LogP) is 2.41. The van der Waals surface area contributed by atoms with Crippen LogP contribution >= 0.6 is 0 Å². The summed E-state index contributed by atoms with van der Waals surface area (Å²) < 4.78 is 0. The van der Waals surface area contributed by atoms with Gasteiger partial charge in [0.05, 0.1) is 4.92 Å². The molecule has 0 saturated carbocycles. The second-order valence-electron chi connectivity index (χ2n) is 4.46. The highest BCUT2D eigenvalue weighted by molar-refractivity contribution is 5.95. The van der Waals surface area contributed by atoms with Crippen LogP contribution in [-0.4, -0.2) is 24.4 Å². The van der Waals surface area contributed by atoms with Crippen LogP contribution in [0, 0.1) is 16.0 Å². The monoisotopic (exact) mass is 265 g/mol. The van der Waals surface area contributed by atoms with Gasteiger partial charge in [0.2, 0.25) is 0 Å². The molecule has 0 fully saturated rings. The van der Waals surface area contributed by atoms with Crippen LogP contribution in [0.2, 0.25) is 0 Å². The molecule has 1 unspecified atom stereocenters. The largest absolute Gasteiger partial charge is 0.383 e. The van der Waals surface area contributed by atoms with Crippen LogP contribution in [0.25, 0.3) is 0 Å². The van der Waals surface area contributed by atoms with Crippen LogP contribution < -0.4 is 10.6 Å². The normalized spacial score (nSPS) is 11.7. The zero-order chi connectivity index (χ0) is 14.4. The van der Waals surface area contributed by atoms with E-state index in [0.29, 0.717) is 23.7 Å². The van der Waals surface area contributed by atoms with E-state index in [2.05, 4.69) is 24.5 Å². The Kier molecular flexibility index (Phi) is 5.29. The van der Waals surface area contributed by atoms with Gasteiger partial charge in [0.1, 0.15) is 5.69 Å². The molecule has 1 amide bonds. The van der Waals surface area contributed by atoms with E-state index in [1.165, 1.54) is 18.2 Å². The number of amides is 1. The van der Waals surface area contributed by atoms with Gasteiger partial charge in [0.15, 0.2) is 0 Å². The quantitative estimate of drug-likeness (QED) is 0.611.